The maximum Gasteiger partial charge on any atom is 0.257 e. The fraction of sp³-hybridized carbons (Fsp3) is 0.273. The molecule has 0 saturated carbocycles. The van der Waals surface area contributed by atoms with Crippen LogP contribution in [0, 0.1) is 0 Å². The van der Waals surface area contributed by atoms with E-state index in [0.29, 0.717) is 5.56 Å². The summed E-state index contributed by atoms with van der Waals surface area (Å²) in [6, 6.07) is 6.42. The van der Waals surface area contributed by atoms with Crippen LogP contribution in [0.2, 0.25) is 0 Å². The second-order valence-corrected chi connectivity index (χ2v) is 5.72. The van der Waals surface area contributed by atoms with E-state index >= 15 is 0 Å². The summed E-state index contributed by atoms with van der Waals surface area (Å²) >= 11 is 0. The number of nitrogens with two attached hydrogens (primary N) is 2. The number of carbonyl (C=O) groups excluding carboxylic acids is 1. The Hall–Kier alpha value is -2.33. The van der Waals surface area contributed by atoms with Gasteiger partial charge in [0.2, 0.25) is 10.0 Å². The Balaban J connectivity index is 2.54. The Morgan fingerprint density at radius 3 is 2.67 bits per heavy atom. The Kier molecular flexibility index (Phi) is 5.93. The van der Waals surface area contributed by atoms with E-state index in [-0.39, 0.29) is 30.5 Å². The molecule has 0 aliphatic rings. The molecule has 0 aliphatic heterocycles. The summed E-state index contributed by atoms with van der Waals surface area (Å²) in [5.74, 6) is -0.776. The number of rotatable bonds is 7. The number of hydrogen-bond donors (Lipinski definition) is 4. The van der Waals surface area contributed by atoms with Gasteiger partial charge >= 0.3 is 0 Å². The van der Waals surface area contributed by atoms with Crippen LogP contribution in [0.3, 0.4) is 0 Å². The third-order valence-electron chi connectivity index (χ3n) is 2.34. The number of benzene rings is 1. The van der Waals surface area contributed by atoms with Gasteiger partial charge in [-0.3, -0.25) is 4.79 Å². The molecular formula is C11H16N4O5S. The standard InChI is InChI=1S/C11H16N4O5S/c12-11(15-17)8-3-1-2-4-9(8)20-7-10(16)14-5-6-21(13,18)19/h1-4,17H,5-7H2,(H2,12,15)(H,14,16)(H2,13,18,19). The van der Waals surface area contributed by atoms with Gasteiger partial charge in [-0.25, -0.2) is 13.6 Å². The van der Waals surface area contributed by atoms with Gasteiger partial charge in [0.15, 0.2) is 12.4 Å². The van der Waals surface area contributed by atoms with Crippen molar-refractivity contribution in [1.82, 2.24) is 5.32 Å². The van der Waals surface area contributed by atoms with Crippen molar-refractivity contribution in [2.75, 3.05) is 18.9 Å². The summed E-state index contributed by atoms with van der Waals surface area (Å²) in [7, 11) is -3.62. The number of hydrogen-bond acceptors (Lipinski definition) is 6. The lowest BCUT2D eigenvalue weighted by Gasteiger charge is -2.10. The van der Waals surface area contributed by atoms with Crippen molar-refractivity contribution in [3.05, 3.63) is 29.8 Å². The summed E-state index contributed by atoms with van der Waals surface area (Å²) in [5.41, 5.74) is 5.80. The summed E-state index contributed by atoms with van der Waals surface area (Å²) in [5, 5.41) is 18.6. The highest BCUT2D eigenvalue weighted by atomic mass is 32.2. The van der Waals surface area contributed by atoms with Crippen molar-refractivity contribution < 1.29 is 23.2 Å². The predicted octanol–water partition coefficient (Wildman–Crippen LogP) is -1.44. The molecule has 0 bridgehead atoms. The number of sulfonamides is 1. The molecule has 116 valence electrons. The number of ether oxygens (including phenoxy) is 1. The fourth-order valence-electron chi connectivity index (χ4n) is 1.39. The number of oxime groups is 1. The van der Waals surface area contributed by atoms with Crippen LogP contribution in [0.15, 0.2) is 29.4 Å². The highest BCUT2D eigenvalue weighted by molar-refractivity contribution is 7.89. The molecule has 1 aromatic rings. The number of nitrogens with zero attached hydrogens (tertiary/aromatic N) is 1. The molecule has 21 heavy (non-hydrogen) atoms. The lowest BCUT2D eigenvalue weighted by molar-refractivity contribution is -0.122. The summed E-state index contributed by atoms with van der Waals surface area (Å²) < 4.78 is 26.6. The molecule has 9 nitrogen and oxygen atoms in total. The third kappa shape index (κ3) is 6.10. The Bertz CT molecular complexity index is 629. The van der Waals surface area contributed by atoms with E-state index in [0.717, 1.165) is 0 Å². The van der Waals surface area contributed by atoms with Crippen LogP contribution in [0.5, 0.6) is 5.75 Å². The van der Waals surface area contributed by atoms with Crippen LogP contribution >= 0.6 is 0 Å². The first kappa shape index (κ1) is 16.7. The third-order valence-corrected chi connectivity index (χ3v) is 3.11. The van der Waals surface area contributed by atoms with Crippen LogP contribution in [-0.2, 0) is 14.8 Å². The van der Waals surface area contributed by atoms with Crippen molar-refractivity contribution in [2.24, 2.45) is 16.0 Å². The minimum atomic E-state index is -3.62. The SMILES string of the molecule is N/C(=N\O)c1ccccc1OCC(=O)NCCS(N)(=O)=O. The zero-order valence-corrected chi connectivity index (χ0v) is 11.8. The average Bonchev–Trinajstić information content (AvgIpc) is 2.43. The topological polar surface area (TPSA) is 157 Å². The first-order valence-corrected chi connectivity index (χ1v) is 7.52. The molecular weight excluding hydrogens is 300 g/mol. The van der Waals surface area contributed by atoms with Gasteiger partial charge in [-0.05, 0) is 12.1 Å². The second kappa shape index (κ2) is 7.45. The van der Waals surface area contributed by atoms with E-state index in [1.165, 1.54) is 0 Å². The number of primary sulfonamides is 1. The number of nitrogens with one attached hydrogen (secondary N) is 1. The van der Waals surface area contributed by atoms with Gasteiger partial charge in [-0.15, -0.1) is 0 Å². The minimum absolute atomic E-state index is 0.108. The van der Waals surface area contributed by atoms with E-state index < -0.39 is 15.9 Å². The van der Waals surface area contributed by atoms with Gasteiger partial charge < -0.3 is 21.0 Å². The predicted molar refractivity (Wildman–Crippen MR) is 75.4 cm³/mol. The summed E-state index contributed by atoms with van der Waals surface area (Å²) in [6.45, 7) is -0.455. The maximum atomic E-state index is 11.5. The highest BCUT2D eigenvalue weighted by Crippen LogP contribution is 2.17. The maximum absolute atomic E-state index is 11.5. The van der Waals surface area contributed by atoms with Crippen LogP contribution in [0.4, 0.5) is 0 Å². The van der Waals surface area contributed by atoms with E-state index in [4.69, 9.17) is 20.8 Å². The molecule has 6 N–H and O–H groups in total. The van der Waals surface area contributed by atoms with Crippen molar-refractivity contribution >= 4 is 21.8 Å². The fourth-order valence-corrected chi connectivity index (χ4v) is 1.77. The monoisotopic (exact) mass is 316 g/mol. The lowest BCUT2D eigenvalue weighted by Crippen LogP contribution is -2.34. The molecule has 0 aliphatic carbocycles. The normalized spacial score (nSPS) is 12.0. The molecule has 10 heteroatoms. The molecule has 0 aromatic heterocycles. The van der Waals surface area contributed by atoms with Gasteiger partial charge in [-0.2, -0.15) is 0 Å². The Labute approximate surface area is 121 Å². The number of amides is 1. The largest absolute Gasteiger partial charge is 0.483 e. The zero-order valence-electron chi connectivity index (χ0n) is 11.0. The van der Waals surface area contributed by atoms with Crippen molar-refractivity contribution in [2.45, 2.75) is 0 Å². The molecule has 0 spiro atoms. The van der Waals surface area contributed by atoms with E-state index in [1.54, 1.807) is 24.3 Å². The first-order valence-electron chi connectivity index (χ1n) is 5.80. The highest BCUT2D eigenvalue weighted by Gasteiger charge is 2.10. The van der Waals surface area contributed by atoms with Crippen molar-refractivity contribution in [3.8, 4) is 5.75 Å². The molecule has 1 aromatic carbocycles. The molecule has 1 rings (SSSR count). The van der Waals surface area contributed by atoms with E-state index in [9.17, 15) is 13.2 Å². The molecule has 0 saturated heterocycles. The van der Waals surface area contributed by atoms with E-state index in [2.05, 4.69) is 10.5 Å². The number of para-hydroxylation sites is 1. The van der Waals surface area contributed by atoms with Crippen LogP contribution < -0.4 is 20.9 Å². The molecule has 0 heterocycles. The molecule has 1 amide bonds. The quantitative estimate of drug-likeness (QED) is 0.209. The van der Waals surface area contributed by atoms with Crippen LogP contribution in [0.25, 0.3) is 0 Å². The van der Waals surface area contributed by atoms with Gasteiger partial charge in [0.25, 0.3) is 5.91 Å². The van der Waals surface area contributed by atoms with Gasteiger partial charge in [0.05, 0.1) is 11.3 Å². The van der Waals surface area contributed by atoms with Crippen LogP contribution in [0.1, 0.15) is 5.56 Å². The van der Waals surface area contributed by atoms with Crippen molar-refractivity contribution in [1.29, 1.82) is 0 Å². The average molecular weight is 316 g/mol. The lowest BCUT2D eigenvalue weighted by atomic mass is 10.2. The summed E-state index contributed by atoms with van der Waals surface area (Å²) in [4.78, 5) is 11.5. The molecule has 0 atom stereocenters. The molecule has 0 fully saturated rings. The summed E-state index contributed by atoms with van der Waals surface area (Å²) in [6.07, 6.45) is 0. The minimum Gasteiger partial charge on any atom is -0.483 e. The molecule has 0 radical (unpaired) electrons. The second-order valence-electron chi connectivity index (χ2n) is 3.99. The van der Waals surface area contributed by atoms with Crippen LogP contribution in [-0.4, -0.2) is 44.3 Å². The Morgan fingerprint density at radius 1 is 1.38 bits per heavy atom. The van der Waals surface area contributed by atoms with Crippen molar-refractivity contribution in [3.63, 3.8) is 0 Å². The van der Waals surface area contributed by atoms with Gasteiger partial charge in [0, 0.05) is 6.54 Å². The van der Waals surface area contributed by atoms with Gasteiger partial charge in [0.1, 0.15) is 5.75 Å². The Morgan fingerprint density at radius 2 is 2.05 bits per heavy atom. The smallest absolute Gasteiger partial charge is 0.257 e. The zero-order chi connectivity index (χ0) is 15.9. The number of amidine groups is 1. The molecule has 0 unspecified atom stereocenters. The van der Waals surface area contributed by atoms with Gasteiger partial charge in [-0.1, -0.05) is 17.3 Å². The number of carbonyl (C=O) groups is 1. The first-order chi connectivity index (χ1) is 9.83. The van der Waals surface area contributed by atoms with E-state index in [1.807, 2.05) is 0 Å².